The Balaban J connectivity index is 2.88. The van der Waals surface area contributed by atoms with E-state index in [4.69, 9.17) is 4.74 Å². The third kappa shape index (κ3) is 5.46. The summed E-state index contributed by atoms with van der Waals surface area (Å²) in [4.78, 5) is 24.1. The number of hydrogen-bond acceptors (Lipinski definition) is 5. The first-order chi connectivity index (χ1) is 10.5. The van der Waals surface area contributed by atoms with Crippen LogP contribution in [0.3, 0.4) is 0 Å². The first kappa shape index (κ1) is 18.7. The zero-order valence-electron chi connectivity index (χ0n) is 13.3. The molecular weight excluding hydrogens is 300 g/mol. The van der Waals surface area contributed by atoms with E-state index in [1.807, 2.05) is 25.1 Å². The molecule has 0 spiro atoms. The van der Waals surface area contributed by atoms with Gasteiger partial charge in [0.15, 0.2) is 5.12 Å². The van der Waals surface area contributed by atoms with Crippen LogP contribution in [-0.2, 0) is 14.3 Å². The van der Waals surface area contributed by atoms with Crippen LogP contribution in [0.15, 0.2) is 30.3 Å². The summed E-state index contributed by atoms with van der Waals surface area (Å²) in [5.41, 5.74) is 0.689. The van der Waals surface area contributed by atoms with Gasteiger partial charge < -0.3 is 9.84 Å². The van der Waals surface area contributed by atoms with E-state index in [2.05, 4.69) is 0 Å². The number of carbonyl (C=O) groups excluding carboxylic acids is 2. The quantitative estimate of drug-likeness (QED) is 0.744. The number of rotatable bonds is 8. The Morgan fingerprint density at radius 1 is 1.23 bits per heavy atom. The molecule has 0 bridgehead atoms. The van der Waals surface area contributed by atoms with Gasteiger partial charge >= 0.3 is 5.97 Å². The van der Waals surface area contributed by atoms with Gasteiger partial charge in [0, 0.05) is 0 Å². The molecule has 4 nitrogen and oxygen atoms in total. The van der Waals surface area contributed by atoms with Gasteiger partial charge in [-0.3, -0.25) is 9.59 Å². The van der Waals surface area contributed by atoms with Crippen molar-refractivity contribution in [1.29, 1.82) is 0 Å². The molecule has 122 valence electrons. The summed E-state index contributed by atoms with van der Waals surface area (Å²) in [6.45, 7) is 5.68. The second kappa shape index (κ2) is 9.64. The molecule has 0 saturated heterocycles. The average molecular weight is 324 g/mol. The van der Waals surface area contributed by atoms with Gasteiger partial charge in [0.1, 0.15) is 0 Å². The molecule has 1 rings (SSSR count). The first-order valence-corrected chi connectivity index (χ1v) is 8.56. The topological polar surface area (TPSA) is 63.6 Å². The molecule has 0 aliphatic heterocycles. The van der Waals surface area contributed by atoms with Crippen LogP contribution < -0.4 is 0 Å². The van der Waals surface area contributed by atoms with Crippen LogP contribution >= 0.6 is 11.8 Å². The van der Waals surface area contributed by atoms with Crippen LogP contribution in [0, 0.1) is 11.8 Å². The molecule has 0 fully saturated rings. The minimum Gasteiger partial charge on any atom is -0.466 e. The monoisotopic (exact) mass is 324 g/mol. The van der Waals surface area contributed by atoms with Crippen molar-refractivity contribution in [1.82, 2.24) is 0 Å². The fourth-order valence-electron chi connectivity index (χ4n) is 2.25. The first-order valence-electron chi connectivity index (χ1n) is 7.57. The predicted molar refractivity (Wildman–Crippen MR) is 88.4 cm³/mol. The zero-order chi connectivity index (χ0) is 16.5. The number of ether oxygens (including phenoxy) is 1. The summed E-state index contributed by atoms with van der Waals surface area (Å²) >= 11 is 1.18. The largest absolute Gasteiger partial charge is 0.466 e. The molecule has 0 heterocycles. The molecule has 0 saturated carbocycles. The standard InChI is InChI=1S/C17H24O4S/c1-4-21-16(19)12(3)11-14(17(20)22-5-2)15(18)13-9-7-6-8-10-13/h6-10,12,14-15,18H,4-5,11H2,1-3H3/t12-,14-,15-/m1/s1. The van der Waals surface area contributed by atoms with Crippen molar-refractivity contribution in [3.63, 3.8) is 0 Å². The minimum atomic E-state index is -0.912. The fraction of sp³-hybridized carbons (Fsp3) is 0.529. The van der Waals surface area contributed by atoms with E-state index in [9.17, 15) is 14.7 Å². The van der Waals surface area contributed by atoms with Crippen molar-refractivity contribution in [3.05, 3.63) is 35.9 Å². The van der Waals surface area contributed by atoms with Crippen molar-refractivity contribution < 1.29 is 19.4 Å². The molecule has 0 radical (unpaired) electrons. The Morgan fingerprint density at radius 2 is 1.86 bits per heavy atom. The summed E-state index contributed by atoms with van der Waals surface area (Å²) < 4.78 is 4.99. The van der Waals surface area contributed by atoms with E-state index in [1.54, 1.807) is 26.0 Å². The zero-order valence-corrected chi connectivity index (χ0v) is 14.1. The third-order valence-corrected chi connectivity index (χ3v) is 4.28. The Hall–Kier alpha value is -1.33. The predicted octanol–water partition coefficient (Wildman–Crippen LogP) is 3.21. The van der Waals surface area contributed by atoms with E-state index in [0.717, 1.165) is 0 Å². The maximum Gasteiger partial charge on any atom is 0.308 e. The smallest absolute Gasteiger partial charge is 0.308 e. The van der Waals surface area contributed by atoms with Gasteiger partial charge in [-0.1, -0.05) is 55.9 Å². The SMILES string of the molecule is CCOC(=O)[C@H](C)C[C@@H](C(=O)SCC)[C@H](O)c1ccccc1. The number of aliphatic hydroxyl groups excluding tert-OH is 1. The summed E-state index contributed by atoms with van der Waals surface area (Å²) in [7, 11) is 0. The highest BCUT2D eigenvalue weighted by Gasteiger charge is 2.31. The highest BCUT2D eigenvalue weighted by atomic mass is 32.2. The van der Waals surface area contributed by atoms with Crippen LogP contribution in [0.2, 0.25) is 0 Å². The normalized spacial score (nSPS) is 14.9. The van der Waals surface area contributed by atoms with Crippen LogP contribution in [0.1, 0.15) is 38.9 Å². The van der Waals surface area contributed by atoms with Crippen molar-refractivity contribution in [2.45, 2.75) is 33.3 Å². The average Bonchev–Trinajstić information content (AvgIpc) is 2.53. The summed E-state index contributed by atoms with van der Waals surface area (Å²) in [6, 6.07) is 9.08. The van der Waals surface area contributed by atoms with Crippen molar-refractivity contribution in [2.75, 3.05) is 12.4 Å². The molecule has 1 aromatic rings. The van der Waals surface area contributed by atoms with E-state index in [0.29, 0.717) is 17.9 Å². The summed E-state index contributed by atoms with van der Waals surface area (Å²) in [5, 5.41) is 10.5. The molecule has 0 unspecified atom stereocenters. The van der Waals surface area contributed by atoms with E-state index in [-0.39, 0.29) is 17.5 Å². The lowest BCUT2D eigenvalue weighted by molar-refractivity contribution is -0.148. The van der Waals surface area contributed by atoms with E-state index >= 15 is 0 Å². The highest BCUT2D eigenvalue weighted by molar-refractivity contribution is 8.13. The fourth-order valence-corrected chi connectivity index (χ4v) is 2.97. The van der Waals surface area contributed by atoms with E-state index < -0.39 is 17.9 Å². The minimum absolute atomic E-state index is 0.0880. The Kier molecular flexibility index (Phi) is 8.20. The van der Waals surface area contributed by atoms with Crippen LogP contribution in [0.5, 0.6) is 0 Å². The van der Waals surface area contributed by atoms with Crippen LogP contribution in [0.25, 0.3) is 0 Å². The van der Waals surface area contributed by atoms with Gasteiger partial charge in [0.05, 0.1) is 24.5 Å². The molecule has 22 heavy (non-hydrogen) atoms. The third-order valence-electron chi connectivity index (χ3n) is 3.41. The van der Waals surface area contributed by atoms with Gasteiger partial charge in [-0.15, -0.1) is 0 Å². The molecule has 1 aromatic carbocycles. The second-order valence-electron chi connectivity index (χ2n) is 5.10. The molecule has 1 N–H and O–H groups in total. The maximum atomic E-state index is 12.3. The van der Waals surface area contributed by atoms with Crippen LogP contribution in [-0.4, -0.2) is 28.6 Å². The highest BCUT2D eigenvalue weighted by Crippen LogP contribution is 2.31. The number of esters is 1. The molecule has 0 aliphatic rings. The number of aliphatic hydroxyl groups is 1. The number of thioether (sulfide) groups is 1. The second-order valence-corrected chi connectivity index (χ2v) is 6.37. The lowest BCUT2D eigenvalue weighted by Gasteiger charge is -2.24. The Bertz CT molecular complexity index is 475. The Labute approximate surface area is 136 Å². The number of hydrogen-bond donors (Lipinski definition) is 1. The molecule has 5 heteroatoms. The summed E-state index contributed by atoms with van der Waals surface area (Å²) in [5.74, 6) is -0.733. The molecular formula is C17H24O4S. The van der Waals surface area contributed by atoms with Crippen molar-refractivity contribution in [3.8, 4) is 0 Å². The van der Waals surface area contributed by atoms with Crippen molar-refractivity contribution in [2.24, 2.45) is 11.8 Å². The van der Waals surface area contributed by atoms with Gasteiger partial charge in [-0.05, 0) is 24.7 Å². The molecule has 0 amide bonds. The van der Waals surface area contributed by atoms with Crippen molar-refractivity contribution >= 4 is 22.8 Å². The lowest BCUT2D eigenvalue weighted by Crippen LogP contribution is -2.26. The lowest BCUT2D eigenvalue weighted by atomic mass is 9.88. The van der Waals surface area contributed by atoms with Gasteiger partial charge in [-0.25, -0.2) is 0 Å². The number of carbonyl (C=O) groups is 2. The van der Waals surface area contributed by atoms with E-state index in [1.165, 1.54) is 11.8 Å². The molecule has 3 atom stereocenters. The van der Waals surface area contributed by atoms with Gasteiger partial charge in [0.2, 0.25) is 0 Å². The molecule has 0 aliphatic carbocycles. The van der Waals surface area contributed by atoms with Gasteiger partial charge in [-0.2, -0.15) is 0 Å². The summed E-state index contributed by atoms with van der Waals surface area (Å²) in [6.07, 6.45) is -0.634. The maximum absolute atomic E-state index is 12.3. The Morgan fingerprint density at radius 3 is 2.41 bits per heavy atom. The van der Waals surface area contributed by atoms with Crippen LogP contribution in [0.4, 0.5) is 0 Å². The number of benzene rings is 1. The van der Waals surface area contributed by atoms with Gasteiger partial charge in [0.25, 0.3) is 0 Å². The molecule has 0 aromatic heterocycles.